The molecular formula is C15H23N3O. The molecule has 1 N–H and O–H groups in total. The third kappa shape index (κ3) is 3.85. The number of hydrogen-bond donors (Lipinski definition) is 1. The SMILES string of the molecule is C#CC(C)(C)Oc1nc(C(C)C)nc(NCC)c1C. The van der Waals surface area contributed by atoms with Crippen molar-refractivity contribution >= 4 is 5.82 Å². The number of nitrogens with zero attached hydrogens (tertiary/aromatic N) is 2. The molecule has 0 saturated heterocycles. The first-order valence-corrected chi connectivity index (χ1v) is 6.60. The molecule has 0 bridgehead atoms. The molecule has 4 nitrogen and oxygen atoms in total. The maximum atomic E-state index is 5.83. The van der Waals surface area contributed by atoms with Gasteiger partial charge in [0.1, 0.15) is 11.6 Å². The van der Waals surface area contributed by atoms with Gasteiger partial charge in [0.2, 0.25) is 5.88 Å². The monoisotopic (exact) mass is 261 g/mol. The molecule has 0 aliphatic carbocycles. The van der Waals surface area contributed by atoms with Crippen molar-refractivity contribution in [3.05, 3.63) is 11.4 Å². The number of terminal acetylenes is 1. The van der Waals surface area contributed by atoms with E-state index in [1.165, 1.54) is 0 Å². The quantitative estimate of drug-likeness (QED) is 0.827. The highest BCUT2D eigenvalue weighted by atomic mass is 16.5. The molecule has 0 aliphatic heterocycles. The lowest BCUT2D eigenvalue weighted by atomic mass is 10.1. The summed E-state index contributed by atoms with van der Waals surface area (Å²) in [5.74, 6) is 4.96. The Balaban J connectivity index is 3.26. The summed E-state index contributed by atoms with van der Waals surface area (Å²) in [4.78, 5) is 9.00. The second-order valence-electron chi connectivity index (χ2n) is 5.30. The van der Waals surface area contributed by atoms with E-state index in [4.69, 9.17) is 11.2 Å². The van der Waals surface area contributed by atoms with Crippen molar-refractivity contribution in [1.29, 1.82) is 0 Å². The lowest BCUT2D eigenvalue weighted by Gasteiger charge is -2.22. The van der Waals surface area contributed by atoms with Gasteiger partial charge in [0.25, 0.3) is 0 Å². The normalized spacial score (nSPS) is 11.3. The Morgan fingerprint density at radius 3 is 2.47 bits per heavy atom. The summed E-state index contributed by atoms with van der Waals surface area (Å²) in [7, 11) is 0. The summed E-state index contributed by atoms with van der Waals surface area (Å²) in [6.07, 6.45) is 5.46. The van der Waals surface area contributed by atoms with Crippen molar-refractivity contribution in [2.75, 3.05) is 11.9 Å². The van der Waals surface area contributed by atoms with E-state index in [0.29, 0.717) is 5.88 Å². The van der Waals surface area contributed by atoms with Gasteiger partial charge >= 0.3 is 0 Å². The molecule has 4 heteroatoms. The third-order valence-corrected chi connectivity index (χ3v) is 2.68. The highest BCUT2D eigenvalue weighted by Crippen LogP contribution is 2.27. The molecule has 0 radical (unpaired) electrons. The molecule has 1 rings (SSSR count). The Bertz CT molecular complexity index is 487. The molecular weight excluding hydrogens is 238 g/mol. The van der Waals surface area contributed by atoms with E-state index in [0.717, 1.165) is 23.8 Å². The molecule has 104 valence electrons. The average Bonchev–Trinajstić information content (AvgIpc) is 2.33. The number of rotatable bonds is 5. The molecule has 0 unspecified atom stereocenters. The van der Waals surface area contributed by atoms with Crippen LogP contribution < -0.4 is 10.1 Å². The van der Waals surface area contributed by atoms with Gasteiger partial charge in [-0.1, -0.05) is 19.8 Å². The molecule has 1 aromatic heterocycles. The maximum absolute atomic E-state index is 5.83. The molecule has 0 aliphatic rings. The topological polar surface area (TPSA) is 47.0 Å². The summed E-state index contributed by atoms with van der Waals surface area (Å²) >= 11 is 0. The molecule has 19 heavy (non-hydrogen) atoms. The van der Waals surface area contributed by atoms with Crippen molar-refractivity contribution in [3.8, 4) is 18.2 Å². The zero-order valence-corrected chi connectivity index (χ0v) is 12.7. The fourth-order valence-electron chi connectivity index (χ4n) is 1.48. The van der Waals surface area contributed by atoms with Crippen LogP contribution in [0.4, 0.5) is 5.82 Å². The van der Waals surface area contributed by atoms with Crippen LogP contribution in [0.15, 0.2) is 0 Å². The second-order valence-corrected chi connectivity index (χ2v) is 5.30. The third-order valence-electron chi connectivity index (χ3n) is 2.68. The van der Waals surface area contributed by atoms with Gasteiger partial charge in [0, 0.05) is 12.5 Å². The minimum Gasteiger partial charge on any atom is -0.458 e. The van der Waals surface area contributed by atoms with Gasteiger partial charge in [0.15, 0.2) is 5.60 Å². The highest BCUT2D eigenvalue weighted by Gasteiger charge is 2.21. The van der Waals surface area contributed by atoms with Crippen LogP contribution in [0.2, 0.25) is 0 Å². The molecule has 0 aromatic carbocycles. The lowest BCUT2D eigenvalue weighted by Crippen LogP contribution is -2.27. The van der Waals surface area contributed by atoms with Crippen molar-refractivity contribution in [1.82, 2.24) is 9.97 Å². The number of aromatic nitrogens is 2. The van der Waals surface area contributed by atoms with E-state index in [1.54, 1.807) is 0 Å². The van der Waals surface area contributed by atoms with Crippen molar-refractivity contribution in [3.63, 3.8) is 0 Å². The Kier molecular flexibility index (Phi) is 4.77. The van der Waals surface area contributed by atoms with Gasteiger partial charge in [0.05, 0.1) is 5.56 Å². The zero-order valence-electron chi connectivity index (χ0n) is 12.7. The molecule has 1 heterocycles. The molecule has 0 atom stereocenters. The number of hydrogen-bond acceptors (Lipinski definition) is 4. The lowest BCUT2D eigenvalue weighted by molar-refractivity contribution is 0.162. The fraction of sp³-hybridized carbons (Fsp3) is 0.600. The van der Waals surface area contributed by atoms with Crippen LogP contribution in [0.5, 0.6) is 5.88 Å². The number of anilines is 1. The van der Waals surface area contributed by atoms with Gasteiger partial charge in [-0.3, -0.25) is 0 Å². The first-order valence-electron chi connectivity index (χ1n) is 6.60. The van der Waals surface area contributed by atoms with E-state index in [1.807, 2.05) is 27.7 Å². The van der Waals surface area contributed by atoms with E-state index in [2.05, 4.69) is 35.1 Å². The highest BCUT2D eigenvalue weighted by molar-refractivity contribution is 5.49. The fourth-order valence-corrected chi connectivity index (χ4v) is 1.48. The minimum absolute atomic E-state index is 0.231. The predicted molar refractivity (Wildman–Crippen MR) is 78.6 cm³/mol. The standard InChI is InChI=1S/C15H23N3O/c1-8-15(6,7)19-14-11(5)13(16-9-2)17-12(18-14)10(3)4/h1,10H,9H2,2-7H3,(H,16,17,18). The molecule has 0 spiro atoms. The van der Waals surface area contributed by atoms with E-state index in [9.17, 15) is 0 Å². The van der Waals surface area contributed by atoms with Gasteiger partial charge in [-0.05, 0) is 27.7 Å². The summed E-state index contributed by atoms with van der Waals surface area (Å²) in [6, 6.07) is 0. The van der Waals surface area contributed by atoms with Gasteiger partial charge in [-0.2, -0.15) is 4.98 Å². The van der Waals surface area contributed by atoms with Crippen molar-refractivity contribution < 1.29 is 4.74 Å². The molecule has 0 fully saturated rings. The van der Waals surface area contributed by atoms with Gasteiger partial charge < -0.3 is 10.1 Å². The van der Waals surface area contributed by atoms with Crippen LogP contribution >= 0.6 is 0 Å². The Labute approximate surface area is 116 Å². The summed E-state index contributed by atoms with van der Waals surface area (Å²) in [5.41, 5.74) is 0.200. The van der Waals surface area contributed by atoms with E-state index < -0.39 is 5.60 Å². The largest absolute Gasteiger partial charge is 0.458 e. The predicted octanol–water partition coefficient (Wildman–Crippen LogP) is 3.13. The van der Waals surface area contributed by atoms with Crippen molar-refractivity contribution in [2.45, 2.75) is 53.1 Å². The Hall–Kier alpha value is -1.76. The van der Waals surface area contributed by atoms with Gasteiger partial charge in [-0.15, -0.1) is 6.42 Å². The molecule has 0 saturated carbocycles. The van der Waals surface area contributed by atoms with Crippen LogP contribution in [-0.2, 0) is 0 Å². The van der Waals surface area contributed by atoms with Crippen molar-refractivity contribution in [2.24, 2.45) is 0 Å². The zero-order chi connectivity index (χ0) is 14.6. The minimum atomic E-state index is -0.684. The first-order chi connectivity index (χ1) is 8.80. The maximum Gasteiger partial charge on any atom is 0.223 e. The first kappa shape index (κ1) is 15.3. The van der Waals surface area contributed by atoms with Gasteiger partial charge in [-0.25, -0.2) is 4.98 Å². The smallest absolute Gasteiger partial charge is 0.223 e. The summed E-state index contributed by atoms with van der Waals surface area (Å²) in [6.45, 7) is 12.6. The molecule has 0 amide bonds. The van der Waals surface area contributed by atoms with Crippen LogP contribution in [0.3, 0.4) is 0 Å². The van der Waals surface area contributed by atoms with Crippen LogP contribution in [0.25, 0.3) is 0 Å². The Morgan fingerprint density at radius 1 is 1.37 bits per heavy atom. The number of ether oxygens (including phenoxy) is 1. The van der Waals surface area contributed by atoms with E-state index in [-0.39, 0.29) is 5.92 Å². The van der Waals surface area contributed by atoms with Crippen LogP contribution in [0.1, 0.15) is 51.9 Å². The summed E-state index contributed by atoms with van der Waals surface area (Å²) < 4.78 is 5.83. The second kappa shape index (κ2) is 5.92. The summed E-state index contributed by atoms with van der Waals surface area (Å²) in [5, 5.41) is 3.23. The van der Waals surface area contributed by atoms with Crippen LogP contribution in [-0.4, -0.2) is 22.1 Å². The Morgan fingerprint density at radius 2 is 2.00 bits per heavy atom. The van der Waals surface area contributed by atoms with Crippen LogP contribution in [0, 0.1) is 19.3 Å². The molecule has 1 aromatic rings. The number of nitrogens with one attached hydrogen (secondary N) is 1. The van der Waals surface area contributed by atoms with E-state index >= 15 is 0 Å². The average molecular weight is 261 g/mol.